The number of hydrogen-bond acceptors (Lipinski definition) is 3. The van der Waals surface area contributed by atoms with Crippen LogP contribution in [0, 0.1) is 5.92 Å². The zero-order valence-corrected chi connectivity index (χ0v) is 11.9. The van der Waals surface area contributed by atoms with Crippen LogP contribution in [-0.2, 0) is 4.79 Å². The normalized spacial score (nSPS) is 15.1. The van der Waals surface area contributed by atoms with E-state index in [4.69, 9.17) is 0 Å². The van der Waals surface area contributed by atoms with Crippen molar-refractivity contribution in [2.45, 2.75) is 52.2 Å². The topological polar surface area (TPSA) is 52.6 Å². The van der Waals surface area contributed by atoms with Gasteiger partial charge in [-0.25, -0.2) is 0 Å². The van der Waals surface area contributed by atoms with E-state index in [1.54, 1.807) is 0 Å². The molecule has 0 aromatic rings. The van der Waals surface area contributed by atoms with Crippen molar-refractivity contribution < 1.29 is 9.90 Å². The van der Waals surface area contributed by atoms with E-state index in [0.29, 0.717) is 13.0 Å². The molecule has 0 aliphatic heterocycles. The molecule has 0 aromatic heterocycles. The second-order valence-electron chi connectivity index (χ2n) is 5.16. The highest BCUT2D eigenvalue weighted by Gasteiger charge is 2.19. The van der Waals surface area contributed by atoms with Gasteiger partial charge in [-0.05, 0) is 32.9 Å². The molecule has 0 aromatic carbocycles. The molecule has 2 atom stereocenters. The van der Waals surface area contributed by atoms with E-state index in [2.05, 4.69) is 12.2 Å². The summed E-state index contributed by atoms with van der Waals surface area (Å²) < 4.78 is 0. The summed E-state index contributed by atoms with van der Waals surface area (Å²) in [6.45, 7) is 6.58. The lowest BCUT2D eigenvalue weighted by molar-refractivity contribution is -0.125. The maximum Gasteiger partial charge on any atom is 0.237 e. The van der Waals surface area contributed by atoms with Crippen LogP contribution in [0.2, 0.25) is 0 Å². The fourth-order valence-electron chi connectivity index (χ4n) is 1.69. The van der Waals surface area contributed by atoms with Gasteiger partial charge in [0.15, 0.2) is 0 Å². The van der Waals surface area contributed by atoms with E-state index in [0.717, 1.165) is 12.8 Å². The Morgan fingerprint density at radius 2 is 1.88 bits per heavy atom. The number of likely N-dealkylation sites (N-methyl/N-ethyl adjacent to an activating group) is 1. The van der Waals surface area contributed by atoms with Crippen LogP contribution in [0.1, 0.15) is 40.0 Å². The Morgan fingerprint density at radius 1 is 1.29 bits per heavy atom. The third-order valence-electron chi connectivity index (χ3n) is 3.00. The summed E-state index contributed by atoms with van der Waals surface area (Å²) in [5.74, 6) is 0.306. The average molecular weight is 244 g/mol. The number of carbonyl (C=O) groups is 1. The van der Waals surface area contributed by atoms with Gasteiger partial charge < -0.3 is 10.4 Å². The maximum atomic E-state index is 11.9. The number of aliphatic hydroxyl groups excluding tert-OH is 1. The van der Waals surface area contributed by atoms with E-state index < -0.39 is 0 Å². The Hall–Kier alpha value is -0.610. The predicted octanol–water partition coefficient (Wildman–Crippen LogP) is 1.24. The lowest BCUT2D eigenvalue weighted by Crippen LogP contribution is -2.44. The second-order valence-corrected chi connectivity index (χ2v) is 5.16. The van der Waals surface area contributed by atoms with Gasteiger partial charge >= 0.3 is 0 Å². The van der Waals surface area contributed by atoms with Crippen molar-refractivity contribution in [2.75, 3.05) is 20.6 Å². The van der Waals surface area contributed by atoms with E-state index in [9.17, 15) is 9.90 Å². The monoisotopic (exact) mass is 244 g/mol. The zero-order chi connectivity index (χ0) is 13.4. The van der Waals surface area contributed by atoms with Gasteiger partial charge in [0.25, 0.3) is 0 Å². The molecule has 0 rings (SSSR count). The second kappa shape index (κ2) is 8.48. The number of aliphatic hydroxyl groups is 1. The van der Waals surface area contributed by atoms with Gasteiger partial charge in [0, 0.05) is 6.54 Å². The average Bonchev–Trinajstić information content (AvgIpc) is 2.24. The molecular formula is C13H28N2O2. The molecule has 0 bridgehead atoms. The first kappa shape index (κ1) is 16.4. The summed E-state index contributed by atoms with van der Waals surface area (Å²) in [6, 6.07) is -0.0591. The highest BCUT2D eigenvalue weighted by Crippen LogP contribution is 2.06. The van der Waals surface area contributed by atoms with Crippen LogP contribution in [0.25, 0.3) is 0 Å². The van der Waals surface area contributed by atoms with E-state index in [1.807, 2.05) is 32.8 Å². The Labute approximate surface area is 105 Å². The number of hydrogen-bond donors (Lipinski definition) is 2. The fourth-order valence-corrected chi connectivity index (χ4v) is 1.69. The number of rotatable bonds is 8. The van der Waals surface area contributed by atoms with Crippen molar-refractivity contribution in [2.24, 2.45) is 5.92 Å². The predicted molar refractivity (Wildman–Crippen MR) is 70.9 cm³/mol. The van der Waals surface area contributed by atoms with Crippen LogP contribution >= 0.6 is 0 Å². The van der Waals surface area contributed by atoms with Gasteiger partial charge in [-0.3, -0.25) is 9.69 Å². The number of nitrogens with zero attached hydrogens (tertiary/aromatic N) is 1. The number of nitrogens with one attached hydrogen (secondary N) is 1. The summed E-state index contributed by atoms with van der Waals surface area (Å²) in [6.07, 6.45) is 2.14. The van der Waals surface area contributed by atoms with Crippen LogP contribution in [0.5, 0.6) is 0 Å². The maximum absolute atomic E-state index is 11.9. The third-order valence-corrected chi connectivity index (χ3v) is 3.00. The van der Waals surface area contributed by atoms with Crippen molar-refractivity contribution >= 4 is 5.91 Å². The number of amides is 1. The van der Waals surface area contributed by atoms with Gasteiger partial charge in [-0.1, -0.05) is 27.2 Å². The van der Waals surface area contributed by atoms with Crippen molar-refractivity contribution in [1.29, 1.82) is 0 Å². The summed E-state index contributed by atoms with van der Waals surface area (Å²) in [7, 11) is 3.84. The lowest BCUT2D eigenvalue weighted by Gasteiger charge is -2.23. The molecule has 0 saturated heterocycles. The van der Waals surface area contributed by atoms with Gasteiger partial charge in [0.2, 0.25) is 5.91 Å². The smallest absolute Gasteiger partial charge is 0.237 e. The molecule has 0 fully saturated rings. The van der Waals surface area contributed by atoms with Crippen molar-refractivity contribution in [3.63, 3.8) is 0 Å². The minimum atomic E-state index is -0.334. The van der Waals surface area contributed by atoms with Crippen LogP contribution in [0.3, 0.4) is 0 Å². The molecule has 0 heterocycles. The summed E-state index contributed by atoms with van der Waals surface area (Å²) in [4.78, 5) is 13.8. The first-order chi connectivity index (χ1) is 7.90. The molecule has 1 amide bonds. The molecule has 0 aliphatic rings. The molecule has 2 unspecified atom stereocenters. The van der Waals surface area contributed by atoms with Crippen molar-refractivity contribution in [1.82, 2.24) is 10.2 Å². The molecule has 0 spiro atoms. The molecule has 4 nitrogen and oxygen atoms in total. The Kier molecular flexibility index (Phi) is 8.17. The summed E-state index contributed by atoms with van der Waals surface area (Å²) in [5, 5.41) is 12.5. The standard InChI is InChI=1S/C13H28N2O2/c1-6-7-11(15(4)5)13(17)14-9-8-12(16)10(2)3/h10-12,16H,6-9H2,1-5H3,(H,14,17). The van der Waals surface area contributed by atoms with Gasteiger partial charge in [0.05, 0.1) is 12.1 Å². The lowest BCUT2D eigenvalue weighted by atomic mass is 10.0. The Bertz CT molecular complexity index is 217. The molecule has 4 heteroatoms. The largest absolute Gasteiger partial charge is 0.393 e. The molecule has 0 saturated carbocycles. The van der Waals surface area contributed by atoms with Crippen LogP contribution < -0.4 is 5.32 Å². The van der Waals surface area contributed by atoms with E-state index >= 15 is 0 Å². The highest BCUT2D eigenvalue weighted by molar-refractivity contribution is 5.81. The minimum absolute atomic E-state index is 0.0591. The first-order valence-corrected chi connectivity index (χ1v) is 6.52. The van der Waals surface area contributed by atoms with Crippen molar-refractivity contribution in [3.05, 3.63) is 0 Å². The third kappa shape index (κ3) is 6.64. The SMILES string of the molecule is CCCC(C(=O)NCCC(O)C(C)C)N(C)C. The molecule has 102 valence electrons. The van der Waals surface area contributed by atoms with E-state index in [1.165, 1.54) is 0 Å². The van der Waals surface area contributed by atoms with Gasteiger partial charge in [-0.15, -0.1) is 0 Å². The first-order valence-electron chi connectivity index (χ1n) is 6.52. The van der Waals surface area contributed by atoms with Crippen LogP contribution in [0.15, 0.2) is 0 Å². The molecule has 17 heavy (non-hydrogen) atoms. The molecular weight excluding hydrogens is 216 g/mol. The van der Waals surface area contributed by atoms with E-state index in [-0.39, 0.29) is 24.0 Å². The fraction of sp³-hybridized carbons (Fsp3) is 0.923. The molecule has 2 N–H and O–H groups in total. The van der Waals surface area contributed by atoms with Crippen molar-refractivity contribution in [3.8, 4) is 0 Å². The minimum Gasteiger partial charge on any atom is -0.393 e. The van der Waals surface area contributed by atoms with Gasteiger partial charge in [0.1, 0.15) is 0 Å². The highest BCUT2D eigenvalue weighted by atomic mass is 16.3. The van der Waals surface area contributed by atoms with Crippen LogP contribution in [0.4, 0.5) is 0 Å². The van der Waals surface area contributed by atoms with Gasteiger partial charge in [-0.2, -0.15) is 0 Å². The molecule has 0 aliphatic carbocycles. The summed E-state index contributed by atoms with van der Waals surface area (Å²) in [5.41, 5.74) is 0. The Morgan fingerprint density at radius 3 is 2.29 bits per heavy atom. The number of carbonyl (C=O) groups excluding carboxylic acids is 1. The summed E-state index contributed by atoms with van der Waals surface area (Å²) >= 11 is 0. The quantitative estimate of drug-likeness (QED) is 0.675. The Balaban J connectivity index is 3.98. The zero-order valence-electron chi connectivity index (χ0n) is 11.9. The molecule has 0 radical (unpaired) electrons. The van der Waals surface area contributed by atoms with Crippen LogP contribution in [-0.4, -0.2) is 48.7 Å².